The molecule has 7 nitrogen and oxygen atoms in total. The van der Waals surface area contributed by atoms with Crippen molar-refractivity contribution in [2.75, 3.05) is 6.54 Å². The second-order valence-electron chi connectivity index (χ2n) is 3.40. The summed E-state index contributed by atoms with van der Waals surface area (Å²) in [4.78, 5) is 21.4. The van der Waals surface area contributed by atoms with E-state index in [4.69, 9.17) is 0 Å². The predicted molar refractivity (Wildman–Crippen MR) is 56.9 cm³/mol. The standard InChI is InChI=1S/C9H14N4O3/c1-3-4-10-9(14)7(2)12-6-8(5-11-12)13(15)16/h5-7H,3-4H2,1-2H3,(H,10,14)/t7-/m0/s1. The molecule has 0 saturated heterocycles. The fraction of sp³-hybridized carbons (Fsp3) is 0.556. The maximum atomic E-state index is 11.5. The molecule has 16 heavy (non-hydrogen) atoms. The minimum absolute atomic E-state index is 0.116. The number of carbonyl (C=O) groups is 1. The van der Waals surface area contributed by atoms with Crippen molar-refractivity contribution >= 4 is 11.6 Å². The van der Waals surface area contributed by atoms with Crippen LogP contribution in [0.2, 0.25) is 0 Å². The first-order chi connectivity index (χ1) is 7.56. The maximum absolute atomic E-state index is 11.5. The van der Waals surface area contributed by atoms with Gasteiger partial charge in [-0.2, -0.15) is 5.10 Å². The molecule has 1 rings (SSSR count). The van der Waals surface area contributed by atoms with Crippen molar-refractivity contribution in [1.82, 2.24) is 15.1 Å². The van der Waals surface area contributed by atoms with E-state index >= 15 is 0 Å². The smallest absolute Gasteiger partial charge is 0.307 e. The van der Waals surface area contributed by atoms with Crippen molar-refractivity contribution in [2.45, 2.75) is 26.3 Å². The van der Waals surface area contributed by atoms with Crippen LogP contribution >= 0.6 is 0 Å². The summed E-state index contributed by atoms with van der Waals surface area (Å²) in [6.07, 6.45) is 3.22. The summed E-state index contributed by atoms with van der Waals surface area (Å²) in [5.74, 6) is -0.195. The molecule has 0 radical (unpaired) electrons. The summed E-state index contributed by atoms with van der Waals surface area (Å²) in [5.41, 5.74) is -0.116. The van der Waals surface area contributed by atoms with Gasteiger partial charge in [0.1, 0.15) is 18.4 Å². The molecule has 0 aliphatic carbocycles. The Morgan fingerprint density at radius 3 is 2.94 bits per heavy atom. The first-order valence-electron chi connectivity index (χ1n) is 5.02. The van der Waals surface area contributed by atoms with E-state index < -0.39 is 11.0 Å². The van der Waals surface area contributed by atoms with Crippen molar-refractivity contribution < 1.29 is 9.72 Å². The summed E-state index contributed by atoms with van der Waals surface area (Å²) in [6.45, 7) is 4.18. The SMILES string of the molecule is CCCNC(=O)[C@H](C)n1cc([N+](=O)[O-])cn1. The first-order valence-corrected chi connectivity index (χ1v) is 5.02. The third kappa shape index (κ3) is 2.78. The average Bonchev–Trinajstić information content (AvgIpc) is 2.74. The molecule has 0 saturated carbocycles. The van der Waals surface area contributed by atoms with Gasteiger partial charge in [-0.3, -0.25) is 19.6 Å². The van der Waals surface area contributed by atoms with E-state index in [1.807, 2.05) is 6.92 Å². The highest BCUT2D eigenvalue weighted by molar-refractivity contribution is 5.79. The zero-order valence-corrected chi connectivity index (χ0v) is 9.21. The summed E-state index contributed by atoms with van der Waals surface area (Å²) in [7, 11) is 0. The molecule has 0 fully saturated rings. The van der Waals surface area contributed by atoms with Gasteiger partial charge in [-0.25, -0.2) is 0 Å². The minimum Gasteiger partial charge on any atom is -0.354 e. The second-order valence-corrected chi connectivity index (χ2v) is 3.40. The van der Waals surface area contributed by atoms with E-state index in [1.165, 1.54) is 10.9 Å². The quantitative estimate of drug-likeness (QED) is 0.596. The normalized spacial score (nSPS) is 12.1. The minimum atomic E-state index is -0.542. The molecule has 0 aliphatic heterocycles. The molecule has 1 heterocycles. The van der Waals surface area contributed by atoms with Gasteiger partial charge in [0, 0.05) is 6.54 Å². The first kappa shape index (κ1) is 12.2. The number of nitrogens with one attached hydrogen (secondary N) is 1. The topological polar surface area (TPSA) is 90.1 Å². The van der Waals surface area contributed by atoms with Gasteiger partial charge in [0.15, 0.2) is 0 Å². The van der Waals surface area contributed by atoms with E-state index in [-0.39, 0.29) is 11.6 Å². The Morgan fingerprint density at radius 2 is 2.44 bits per heavy atom. The van der Waals surface area contributed by atoms with E-state index in [9.17, 15) is 14.9 Å². The van der Waals surface area contributed by atoms with Gasteiger partial charge >= 0.3 is 5.69 Å². The summed E-state index contributed by atoms with van der Waals surface area (Å²) >= 11 is 0. The third-order valence-corrected chi connectivity index (χ3v) is 2.12. The molecule has 1 amide bonds. The van der Waals surface area contributed by atoms with Crippen LogP contribution in [-0.2, 0) is 4.79 Å². The number of carbonyl (C=O) groups excluding carboxylic acids is 1. The van der Waals surface area contributed by atoms with Gasteiger partial charge in [-0.1, -0.05) is 6.92 Å². The average molecular weight is 226 g/mol. The molecule has 1 N–H and O–H groups in total. The van der Waals surface area contributed by atoms with E-state index in [0.29, 0.717) is 6.54 Å². The number of amides is 1. The van der Waals surface area contributed by atoms with Crippen molar-refractivity contribution in [3.63, 3.8) is 0 Å². The Labute approximate surface area is 92.6 Å². The van der Waals surface area contributed by atoms with Gasteiger partial charge in [0.2, 0.25) is 5.91 Å². The Balaban J connectivity index is 2.68. The van der Waals surface area contributed by atoms with Crippen LogP contribution in [0.5, 0.6) is 0 Å². The number of hydrogen-bond acceptors (Lipinski definition) is 4. The molecule has 0 unspecified atom stereocenters. The van der Waals surface area contributed by atoms with Gasteiger partial charge in [-0.15, -0.1) is 0 Å². The fourth-order valence-electron chi connectivity index (χ4n) is 1.15. The van der Waals surface area contributed by atoms with Crippen molar-refractivity contribution in [3.8, 4) is 0 Å². The van der Waals surface area contributed by atoms with Crippen molar-refractivity contribution in [2.24, 2.45) is 0 Å². The number of hydrogen-bond donors (Lipinski definition) is 1. The number of nitro groups is 1. The highest BCUT2D eigenvalue weighted by Gasteiger charge is 2.18. The van der Waals surface area contributed by atoms with Crippen LogP contribution in [0.1, 0.15) is 26.3 Å². The lowest BCUT2D eigenvalue weighted by Gasteiger charge is -2.11. The zero-order valence-electron chi connectivity index (χ0n) is 9.21. The van der Waals surface area contributed by atoms with Crippen LogP contribution in [0.25, 0.3) is 0 Å². The Bertz CT molecular complexity index is 388. The predicted octanol–water partition coefficient (Wildman–Crippen LogP) is 0.878. The Kier molecular flexibility index (Phi) is 3.98. The van der Waals surface area contributed by atoms with Gasteiger partial charge in [-0.05, 0) is 13.3 Å². The summed E-state index contributed by atoms with van der Waals surface area (Å²) in [5, 5.41) is 16.9. The Morgan fingerprint density at radius 1 is 1.75 bits per heavy atom. The van der Waals surface area contributed by atoms with E-state index in [2.05, 4.69) is 10.4 Å². The molecule has 0 bridgehead atoms. The molecule has 7 heteroatoms. The number of aromatic nitrogens is 2. The molecule has 1 aromatic heterocycles. The van der Waals surface area contributed by atoms with Crippen LogP contribution in [0.3, 0.4) is 0 Å². The molecule has 0 spiro atoms. The molecular formula is C9H14N4O3. The van der Waals surface area contributed by atoms with Crippen LogP contribution in [0, 0.1) is 10.1 Å². The van der Waals surface area contributed by atoms with Crippen LogP contribution in [0.4, 0.5) is 5.69 Å². The van der Waals surface area contributed by atoms with E-state index in [1.54, 1.807) is 6.92 Å². The second kappa shape index (κ2) is 5.24. The molecule has 0 aliphatic rings. The highest BCUT2D eigenvalue weighted by Crippen LogP contribution is 2.12. The van der Waals surface area contributed by atoms with Gasteiger partial charge in [0.25, 0.3) is 0 Å². The summed E-state index contributed by atoms with van der Waals surface area (Å²) in [6, 6.07) is -0.541. The lowest BCUT2D eigenvalue weighted by Crippen LogP contribution is -2.31. The van der Waals surface area contributed by atoms with E-state index in [0.717, 1.165) is 12.6 Å². The molecule has 1 atom stereocenters. The third-order valence-electron chi connectivity index (χ3n) is 2.12. The molecule has 88 valence electrons. The van der Waals surface area contributed by atoms with Gasteiger partial charge < -0.3 is 5.32 Å². The molecule has 0 aromatic carbocycles. The number of nitrogens with zero attached hydrogens (tertiary/aromatic N) is 3. The largest absolute Gasteiger partial charge is 0.354 e. The lowest BCUT2D eigenvalue weighted by molar-refractivity contribution is -0.385. The molecular weight excluding hydrogens is 212 g/mol. The molecule has 1 aromatic rings. The van der Waals surface area contributed by atoms with Crippen LogP contribution in [-0.4, -0.2) is 27.2 Å². The fourth-order valence-corrected chi connectivity index (χ4v) is 1.15. The van der Waals surface area contributed by atoms with Crippen LogP contribution in [0.15, 0.2) is 12.4 Å². The highest BCUT2D eigenvalue weighted by atomic mass is 16.6. The summed E-state index contributed by atoms with van der Waals surface area (Å²) < 4.78 is 1.28. The maximum Gasteiger partial charge on any atom is 0.307 e. The van der Waals surface area contributed by atoms with Crippen molar-refractivity contribution in [3.05, 3.63) is 22.5 Å². The zero-order chi connectivity index (χ0) is 12.1. The number of rotatable bonds is 5. The van der Waals surface area contributed by atoms with Crippen LogP contribution < -0.4 is 5.32 Å². The Hall–Kier alpha value is -1.92. The van der Waals surface area contributed by atoms with Crippen molar-refractivity contribution in [1.29, 1.82) is 0 Å². The van der Waals surface area contributed by atoms with Gasteiger partial charge in [0.05, 0.1) is 4.92 Å². The monoisotopic (exact) mass is 226 g/mol. The lowest BCUT2D eigenvalue weighted by atomic mass is 10.3.